The minimum absolute atomic E-state index is 0.0202. The van der Waals surface area contributed by atoms with Gasteiger partial charge < -0.3 is 19.8 Å². The minimum atomic E-state index is -2.10. The van der Waals surface area contributed by atoms with Gasteiger partial charge in [0.25, 0.3) is 5.91 Å². The Hall–Kier alpha value is -3.75. The lowest BCUT2D eigenvalue weighted by atomic mass is 9.87. The Balaban J connectivity index is 1.59. The SMILES string of the molecule is CC(C)(C)c1cccc(NC(=O)C(=Cc2cccc(Oc3ccnc(C4=NCCN4)c3)c2)CO[Si](C)(C)C(C)(C)C)c1. The predicted octanol–water partition coefficient (Wildman–Crippen LogP) is 7.57. The fraction of sp³-hybridized carbons (Fsp3) is 0.382. The predicted molar refractivity (Wildman–Crippen MR) is 175 cm³/mol. The lowest BCUT2D eigenvalue weighted by molar-refractivity contribution is -0.113. The molecule has 0 unspecified atom stereocenters. The standard InChI is InChI=1S/C34H44N4O3Si/c1-33(2,3)26-12-10-13-27(21-26)38-32(39)25(23-40-42(7,8)34(4,5)6)19-24-11-9-14-28(20-24)41-29-15-16-35-30(22-29)31-36-17-18-37-31/h9-16,19-22H,17-18,23H2,1-8H3,(H,36,37)(H,38,39). The third-order valence-electron chi connectivity index (χ3n) is 7.76. The molecule has 0 atom stereocenters. The number of nitrogens with one attached hydrogen (secondary N) is 2. The van der Waals surface area contributed by atoms with Crippen LogP contribution in [0.15, 0.2) is 77.4 Å². The van der Waals surface area contributed by atoms with Gasteiger partial charge in [-0.2, -0.15) is 0 Å². The first-order valence-corrected chi connectivity index (χ1v) is 17.4. The lowest BCUT2D eigenvalue weighted by Gasteiger charge is -2.36. The maximum atomic E-state index is 13.7. The van der Waals surface area contributed by atoms with Crippen LogP contribution in [0.4, 0.5) is 5.69 Å². The smallest absolute Gasteiger partial charge is 0.253 e. The molecule has 2 aromatic carbocycles. The zero-order valence-corrected chi connectivity index (χ0v) is 27.2. The van der Waals surface area contributed by atoms with E-state index in [4.69, 9.17) is 9.16 Å². The number of pyridine rings is 1. The van der Waals surface area contributed by atoms with Crippen molar-refractivity contribution in [1.82, 2.24) is 10.3 Å². The fourth-order valence-corrected chi connectivity index (χ4v) is 5.05. The molecule has 0 saturated heterocycles. The second-order valence-corrected chi connectivity index (χ2v) is 18.0. The Morgan fingerprint density at radius 3 is 2.43 bits per heavy atom. The highest BCUT2D eigenvalue weighted by Gasteiger charge is 2.37. The monoisotopic (exact) mass is 584 g/mol. The van der Waals surface area contributed by atoms with E-state index in [2.05, 4.69) is 81.3 Å². The summed E-state index contributed by atoms with van der Waals surface area (Å²) in [6.45, 7) is 19.2. The van der Waals surface area contributed by atoms with Crippen LogP contribution < -0.4 is 15.4 Å². The molecule has 0 aliphatic carbocycles. The molecule has 0 radical (unpaired) electrons. The van der Waals surface area contributed by atoms with Gasteiger partial charge in [-0.25, -0.2) is 0 Å². The van der Waals surface area contributed by atoms with Crippen molar-refractivity contribution in [2.75, 3.05) is 25.0 Å². The van der Waals surface area contributed by atoms with Gasteiger partial charge in [-0.15, -0.1) is 0 Å². The Bertz CT molecular complexity index is 1480. The number of carbonyl (C=O) groups excluding carboxylic acids is 1. The second-order valence-electron chi connectivity index (χ2n) is 13.2. The van der Waals surface area contributed by atoms with E-state index in [-0.39, 0.29) is 23.0 Å². The maximum Gasteiger partial charge on any atom is 0.253 e. The number of hydrogen-bond acceptors (Lipinski definition) is 6. The molecule has 1 amide bonds. The molecule has 7 nitrogen and oxygen atoms in total. The highest BCUT2D eigenvalue weighted by Crippen LogP contribution is 2.37. The van der Waals surface area contributed by atoms with Gasteiger partial charge in [0.2, 0.25) is 0 Å². The molecule has 0 spiro atoms. The Morgan fingerprint density at radius 2 is 1.74 bits per heavy atom. The van der Waals surface area contributed by atoms with Crippen LogP contribution in [-0.4, -0.2) is 44.7 Å². The molecule has 222 valence electrons. The Labute approximate surface area is 251 Å². The largest absolute Gasteiger partial charge is 0.457 e. The van der Waals surface area contributed by atoms with Crippen molar-refractivity contribution in [2.45, 2.75) is 65.1 Å². The van der Waals surface area contributed by atoms with Crippen LogP contribution in [-0.2, 0) is 14.6 Å². The van der Waals surface area contributed by atoms with E-state index in [0.29, 0.717) is 17.1 Å². The van der Waals surface area contributed by atoms with Gasteiger partial charge in [0.1, 0.15) is 23.0 Å². The molecular formula is C34H44N4O3Si. The van der Waals surface area contributed by atoms with Crippen molar-refractivity contribution in [2.24, 2.45) is 4.99 Å². The number of aliphatic imine (C=N–C) groups is 1. The minimum Gasteiger partial charge on any atom is -0.457 e. The average Bonchev–Trinajstić information content (AvgIpc) is 3.46. The van der Waals surface area contributed by atoms with E-state index in [0.717, 1.165) is 41.4 Å². The summed E-state index contributed by atoms with van der Waals surface area (Å²) in [7, 11) is -2.10. The van der Waals surface area contributed by atoms with E-state index in [9.17, 15) is 4.79 Å². The summed E-state index contributed by atoms with van der Waals surface area (Å²) < 4.78 is 12.7. The normalized spacial score (nSPS) is 14.3. The van der Waals surface area contributed by atoms with Crippen molar-refractivity contribution in [3.63, 3.8) is 0 Å². The van der Waals surface area contributed by atoms with E-state index in [1.54, 1.807) is 6.20 Å². The van der Waals surface area contributed by atoms with E-state index in [1.165, 1.54) is 0 Å². The van der Waals surface area contributed by atoms with Crippen molar-refractivity contribution in [3.8, 4) is 11.5 Å². The Morgan fingerprint density at radius 1 is 1.00 bits per heavy atom. The zero-order valence-electron chi connectivity index (χ0n) is 26.2. The van der Waals surface area contributed by atoms with Gasteiger partial charge >= 0.3 is 0 Å². The van der Waals surface area contributed by atoms with Crippen molar-refractivity contribution in [1.29, 1.82) is 0 Å². The van der Waals surface area contributed by atoms with E-state index >= 15 is 0 Å². The summed E-state index contributed by atoms with van der Waals surface area (Å²) in [5.41, 5.74) is 4.03. The third kappa shape index (κ3) is 8.17. The van der Waals surface area contributed by atoms with Crippen molar-refractivity contribution in [3.05, 3.63) is 89.3 Å². The first-order valence-electron chi connectivity index (χ1n) is 14.5. The Kier molecular flexibility index (Phi) is 9.38. The molecule has 2 N–H and O–H groups in total. The van der Waals surface area contributed by atoms with Crippen LogP contribution in [0.5, 0.6) is 11.5 Å². The topological polar surface area (TPSA) is 84.8 Å². The summed E-state index contributed by atoms with van der Waals surface area (Å²) in [6, 6.07) is 19.4. The number of rotatable bonds is 9. The summed E-state index contributed by atoms with van der Waals surface area (Å²) in [6.07, 6.45) is 3.60. The highest BCUT2D eigenvalue weighted by atomic mass is 28.4. The number of aromatic nitrogens is 1. The molecular weight excluding hydrogens is 540 g/mol. The van der Waals surface area contributed by atoms with E-state index < -0.39 is 8.32 Å². The van der Waals surface area contributed by atoms with Gasteiger partial charge in [-0.05, 0) is 71.1 Å². The molecule has 0 fully saturated rings. The summed E-state index contributed by atoms with van der Waals surface area (Å²) in [5, 5.41) is 6.37. The van der Waals surface area contributed by atoms with Crippen molar-refractivity contribution < 1.29 is 14.0 Å². The number of benzene rings is 2. The summed E-state index contributed by atoms with van der Waals surface area (Å²) >= 11 is 0. The first-order chi connectivity index (χ1) is 19.7. The number of nitrogens with zero attached hydrogens (tertiary/aromatic N) is 2. The molecule has 8 heteroatoms. The number of hydrogen-bond donors (Lipinski definition) is 2. The molecule has 42 heavy (non-hydrogen) atoms. The number of anilines is 1. The first kappa shape index (κ1) is 31.2. The second kappa shape index (κ2) is 12.6. The molecule has 1 aliphatic rings. The van der Waals surface area contributed by atoms with Gasteiger partial charge in [0.05, 0.1) is 13.2 Å². The third-order valence-corrected chi connectivity index (χ3v) is 12.2. The van der Waals surface area contributed by atoms with E-state index in [1.807, 2.05) is 60.7 Å². The average molecular weight is 585 g/mol. The fourth-order valence-electron chi connectivity index (χ4n) is 4.10. The lowest BCUT2D eigenvalue weighted by Crippen LogP contribution is -2.41. The molecule has 3 aromatic rings. The number of ether oxygens (including phenoxy) is 1. The van der Waals surface area contributed by atoms with Crippen LogP contribution in [0.2, 0.25) is 18.1 Å². The van der Waals surface area contributed by atoms with Crippen LogP contribution in [0.3, 0.4) is 0 Å². The van der Waals surface area contributed by atoms with Gasteiger partial charge in [-0.1, -0.05) is 65.8 Å². The number of amidine groups is 1. The van der Waals surface area contributed by atoms with Crippen molar-refractivity contribution >= 4 is 31.8 Å². The number of amides is 1. The molecule has 2 heterocycles. The summed E-state index contributed by atoms with van der Waals surface area (Å²) in [5.74, 6) is 1.91. The summed E-state index contributed by atoms with van der Waals surface area (Å²) in [4.78, 5) is 22.5. The van der Waals surface area contributed by atoms with Crippen LogP contribution in [0, 0.1) is 0 Å². The molecule has 4 rings (SSSR count). The maximum absolute atomic E-state index is 13.7. The molecule has 0 bridgehead atoms. The van der Waals surface area contributed by atoms with Gasteiger partial charge in [0.15, 0.2) is 8.32 Å². The molecule has 0 saturated carbocycles. The zero-order chi connectivity index (χ0) is 30.5. The molecule has 1 aromatic heterocycles. The molecule has 1 aliphatic heterocycles. The van der Waals surface area contributed by atoms with Crippen LogP contribution in [0.1, 0.15) is 58.4 Å². The highest BCUT2D eigenvalue weighted by molar-refractivity contribution is 6.74. The van der Waals surface area contributed by atoms with Crippen LogP contribution in [0.25, 0.3) is 6.08 Å². The van der Waals surface area contributed by atoms with Crippen LogP contribution >= 0.6 is 0 Å². The number of carbonyl (C=O) groups is 1. The quantitative estimate of drug-likeness (QED) is 0.200. The van der Waals surface area contributed by atoms with Gasteiger partial charge in [-0.3, -0.25) is 14.8 Å². The van der Waals surface area contributed by atoms with Gasteiger partial charge in [0, 0.05) is 30.1 Å².